The molecule has 0 fully saturated rings. The van der Waals surface area contributed by atoms with Gasteiger partial charge in [-0.2, -0.15) is 13.2 Å². The predicted molar refractivity (Wildman–Crippen MR) is 86.5 cm³/mol. The summed E-state index contributed by atoms with van der Waals surface area (Å²) in [6.45, 7) is 2.28. The standard InChI is InChI=1S/C17H16F3N3O3/c1-9-13(16(24)25)21-22-15(26-2)14(9)23-6-5-10-3-4-12(17(18,19)20)7-11(10)8-23/h3-4,7H,5-6,8H2,1-2H3,(H,24,25). The van der Waals surface area contributed by atoms with E-state index in [1.54, 1.807) is 11.8 Å². The fourth-order valence-corrected chi connectivity index (χ4v) is 3.13. The highest BCUT2D eigenvalue weighted by Gasteiger charge is 2.32. The molecule has 0 unspecified atom stereocenters. The molecule has 2 heterocycles. The van der Waals surface area contributed by atoms with E-state index in [2.05, 4.69) is 10.2 Å². The minimum atomic E-state index is -4.42. The van der Waals surface area contributed by atoms with Gasteiger partial charge in [-0.3, -0.25) is 0 Å². The van der Waals surface area contributed by atoms with Gasteiger partial charge in [-0.05, 0) is 36.6 Å². The van der Waals surface area contributed by atoms with Crippen LogP contribution in [0.1, 0.15) is 32.7 Å². The number of nitrogens with zero attached hydrogens (tertiary/aromatic N) is 3. The van der Waals surface area contributed by atoms with Crippen LogP contribution in [0.25, 0.3) is 0 Å². The molecule has 0 saturated heterocycles. The van der Waals surface area contributed by atoms with Crippen molar-refractivity contribution in [2.45, 2.75) is 26.1 Å². The Morgan fingerprint density at radius 3 is 2.62 bits per heavy atom. The molecule has 0 saturated carbocycles. The number of carbonyl (C=O) groups is 1. The van der Waals surface area contributed by atoms with Crippen LogP contribution in [0.4, 0.5) is 18.9 Å². The molecule has 0 amide bonds. The van der Waals surface area contributed by atoms with Crippen LogP contribution in [0.2, 0.25) is 0 Å². The number of aromatic nitrogens is 2. The van der Waals surface area contributed by atoms with Crippen molar-refractivity contribution >= 4 is 11.7 Å². The van der Waals surface area contributed by atoms with E-state index in [1.165, 1.54) is 13.2 Å². The number of benzene rings is 1. The number of fused-ring (bicyclic) bond motifs is 1. The summed E-state index contributed by atoms with van der Waals surface area (Å²) in [5.41, 5.74) is 1.26. The normalized spacial score (nSPS) is 14.1. The highest BCUT2D eigenvalue weighted by molar-refractivity contribution is 5.89. The third-order valence-electron chi connectivity index (χ3n) is 4.41. The van der Waals surface area contributed by atoms with Gasteiger partial charge in [-0.15, -0.1) is 10.2 Å². The highest BCUT2D eigenvalue weighted by atomic mass is 19.4. The van der Waals surface area contributed by atoms with E-state index in [1.807, 2.05) is 0 Å². The van der Waals surface area contributed by atoms with E-state index in [4.69, 9.17) is 4.74 Å². The number of anilines is 1. The summed E-state index contributed by atoms with van der Waals surface area (Å²) in [6, 6.07) is 3.71. The van der Waals surface area contributed by atoms with E-state index in [0.29, 0.717) is 29.8 Å². The van der Waals surface area contributed by atoms with E-state index >= 15 is 0 Å². The van der Waals surface area contributed by atoms with Gasteiger partial charge < -0.3 is 14.7 Å². The van der Waals surface area contributed by atoms with Crippen molar-refractivity contribution in [3.05, 3.63) is 46.1 Å². The molecule has 6 nitrogen and oxygen atoms in total. The fourth-order valence-electron chi connectivity index (χ4n) is 3.13. The second-order valence-corrected chi connectivity index (χ2v) is 5.99. The molecular weight excluding hydrogens is 351 g/mol. The third-order valence-corrected chi connectivity index (χ3v) is 4.41. The Labute approximate surface area is 147 Å². The summed E-state index contributed by atoms with van der Waals surface area (Å²) in [7, 11) is 1.38. The van der Waals surface area contributed by atoms with Gasteiger partial charge in [0.1, 0.15) is 5.69 Å². The van der Waals surface area contributed by atoms with Gasteiger partial charge >= 0.3 is 12.1 Å². The summed E-state index contributed by atoms with van der Waals surface area (Å²) in [4.78, 5) is 13.1. The van der Waals surface area contributed by atoms with Gasteiger partial charge in [0.05, 0.1) is 12.7 Å². The lowest BCUT2D eigenvalue weighted by Crippen LogP contribution is -2.32. The Morgan fingerprint density at radius 1 is 1.27 bits per heavy atom. The van der Waals surface area contributed by atoms with Gasteiger partial charge in [0.2, 0.25) is 0 Å². The van der Waals surface area contributed by atoms with Crippen molar-refractivity contribution in [1.82, 2.24) is 10.2 Å². The minimum absolute atomic E-state index is 0.142. The highest BCUT2D eigenvalue weighted by Crippen LogP contribution is 2.36. The fraction of sp³-hybridized carbons (Fsp3) is 0.353. The van der Waals surface area contributed by atoms with Crippen molar-refractivity contribution in [2.75, 3.05) is 18.6 Å². The zero-order valence-electron chi connectivity index (χ0n) is 14.1. The van der Waals surface area contributed by atoms with Gasteiger partial charge in [-0.25, -0.2) is 4.79 Å². The Kier molecular flexibility index (Phi) is 4.47. The number of hydrogen-bond donors (Lipinski definition) is 1. The number of methoxy groups -OCH3 is 1. The average molecular weight is 367 g/mol. The molecule has 1 N–H and O–H groups in total. The monoisotopic (exact) mass is 367 g/mol. The number of aromatic carboxylic acids is 1. The first-order valence-electron chi connectivity index (χ1n) is 7.81. The summed E-state index contributed by atoms with van der Waals surface area (Å²) < 4.78 is 44.1. The van der Waals surface area contributed by atoms with Crippen molar-refractivity contribution in [3.8, 4) is 5.88 Å². The predicted octanol–water partition coefficient (Wildman–Crippen LogP) is 3.07. The Balaban J connectivity index is 2.03. The lowest BCUT2D eigenvalue weighted by atomic mass is 9.96. The first-order chi connectivity index (χ1) is 12.2. The van der Waals surface area contributed by atoms with Crippen molar-refractivity contribution in [3.63, 3.8) is 0 Å². The summed E-state index contributed by atoms with van der Waals surface area (Å²) in [6.07, 6.45) is -3.89. The number of halogens is 3. The molecule has 0 atom stereocenters. The molecule has 1 aliphatic heterocycles. The maximum Gasteiger partial charge on any atom is 0.416 e. The van der Waals surface area contributed by atoms with Crippen LogP contribution in [0.5, 0.6) is 5.88 Å². The van der Waals surface area contributed by atoms with Gasteiger partial charge in [0.25, 0.3) is 5.88 Å². The van der Waals surface area contributed by atoms with Crippen LogP contribution in [0.3, 0.4) is 0 Å². The number of hydrogen-bond acceptors (Lipinski definition) is 5. The van der Waals surface area contributed by atoms with E-state index in [-0.39, 0.29) is 18.1 Å². The van der Waals surface area contributed by atoms with Crippen LogP contribution in [-0.4, -0.2) is 34.9 Å². The number of carboxylic acids is 1. The molecule has 26 heavy (non-hydrogen) atoms. The van der Waals surface area contributed by atoms with Crippen molar-refractivity contribution in [1.29, 1.82) is 0 Å². The molecule has 2 aromatic rings. The minimum Gasteiger partial charge on any atom is -0.478 e. The third kappa shape index (κ3) is 3.16. The Hall–Kier alpha value is -2.84. The molecule has 0 aliphatic carbocycles. The second kappa shape index (κ2) is 6.47. The SMILES string of the molecule is COc1nnc(C(=O)O)c(C)c1N1CCc2ccc(C(F)(F)F)cc2C1. The maximum atomic E-state index is 13.0. The summed E-state index contributed by atoms with van der Waals surface area (Å²) >= 11 is 0. The lowest BCUT2D eigenvalue weighted by molar-refractivity contribution is -0.137. The molecular formula is C17H16F3N3O3. The molecule has 1 aliphatic rings. The van der Waals surface area contributed by atoms with Crippen LogP contribution in [-0.2, 0) is 19.1 Å². The first-order valence-corrected chi connectivity index (χ1v) is 7.81. The lowest BCUT2D eigenvalue weighted by Gasteiger charge is -2.32. The number of rotatable bonds is 3. The maximum absolute atomic E-state index is 13.0. The van der Waals surface area contributed by atoms with Crippen LogP contribution in [0, 0.1) is 6.92 Å². The largest absolute Gasteiger partial charge is 0.478 e. The number of ether oxygens (including phenoxy) is 1. The summed E-state index contributed by atoms with van der Waals surface area (Å²) in [5, 5.41) is 16.7. The van der Waals surface area contributed by atoms with Crippen molar-refractivity contribution < 1.29 is 27.8 Å². The molecule has 9 heteroatoms. The zero-order chi connectivity index (χ0) is 19.1. The molecule has 0 bridgehead atoms. The van der Waals surface area contributed by atoms with E-state index in [9.17, 15) is 23.1 Å². The van der Waals surface area contributed by atoms with Crippen LogP contribution in [0.15, 0.2) is 18.2 Å². The Morgan fingerprint density at radius 2 is 2.00 bits per heavy atom. The molecule has 0 spiro atoms. The van der Waals surface area contributed by atoms with Crippen LogP contribution >= 0.6 is 0 Å². The van der Waals surface area contributed by atoms with E-state index < -0.39 is 17.7 Å². The topological polar surface area (TPSA) is 75.5 Å². The van der Waals surface area contributed by atoms with Crippen molar-refractivity contribution in [2.24, 2.45) is 0 Å². The quantitative estimate of drug-likeness (QED) is 0.899. The van der Waals surface area contributed by atoms with E-state index in [0.717, 1.165) is 17.7 Å². The van der Waals surface area contributed by atoms with Crippen LogP contribution < -0.4 is 9.64 Å². The second-order valence-electron chi connectivity index (χ2n) is 5.99. The molecule has 1 aromatic carbocycles. The average Bonchev–Trinajstić information content (AvgIpc) is 2.59. The Bertz CT molecular complexity index is 868. The van der Waals surface area contributed by atoms with Gasteiger partial charge in [-0.1, -0.05) is 6.07 Å². The summed E-state index contributed by atoms with van der Waals surface area (Å²) in [5.74, 6) is -1.08. The molecule has 0 radical (unpaired) electrons. The van der Waals surface area contributed by atoms with Gasteiger partial charge in [0.15, 0.2) is 5.69 Å². The smallest absolute Gasteiger partial charge is 0.416 e. The zero-order valence-corrected chi connectivity index (χ0v) is 14.1. The number of carboxylic acid groups (broad SMARTS) is 1. The molecule has 138 valence electrons. The first kappa shape index (κ1) is 18.0. The number of alkyl halides is 3. The molecule has 3 rings (SSSR count). The van der Waals surface area contributed by atoms with Gasteiger partial charge in [0, 0.05) is 18.7 Å². The molecule has 1 aromatic heterocycles.